The fraction of sp³-hybridized carbons (Fsp3) is 0.600. The summed E-state index contributed by atoms with van der Waals surface area (Å²) in [6.45, 7) is 7.22. The second kappa shape index (κ2) is 5.79. The van der Waals surface area contributed by atoms with E-state index >= 15 is 0 Å². The minimum Gasteiger partial charge on any atom is -0.337 e. The van der Waals surface area contributed by atoms with Gasteiger partial charge in [0, 0.05) is 49.3 Å². The molecule has 0 spiro atoms. The standard InChI is InChI=1S/C15H23N5/c1-12-15(10-17-14-4-5-14)13(2)20(18-12)8-3-7-19-9-6-16-11-19/h6,9,11,14,17H,3-5,7-8,10H2,1-2H3. The van der Waals surface area contributed by atoms with E-state index in [4.69, 9.17) is 0 Å². The van der Waals surface area contributed by atoms with Crippen molar-refractivity contribution in [2.45, 2.75) is 58.8 Å². The summed E-state index contributed by atoms with van der Waals surface area (Å²) in [6.07, 6.45) is 9.44. The van der Waals surface area contributed by atoms with Crippen LogP contribution in [0.4, 0.5) is 0 Å². The molecule has 108 valence electrons. The highest BCUT2D eigenvalue weighted by molar-refractivity contribution is 5.24. The zero-order valence-corrected chi connectivity index (χ0v) is 12.3. The van der Waals surface area contributed by atoms with Crippen LogP contribution in [0.3, 0.4) is 0 Å². The van der Waals surface area contributed by atoms with E-state index < -0.39 is 0 Å². The van der Waals surface area contributed by atoms with Gasteiger partial charge in [-0.1, -0.05) is 0 Å². The molecule has 5 heteroatoms. The average molecular weight is 273 g/mol. The highest BCUT2D eigenvalue weighted by Gasteiger charge is 2.21. The topological polar surface area (TPSA) is 47.7 Å². The summed E-state index contributed by atoms with van der Waals surface area (Å²) in [7, 11) is 0. The maximum absolute atomic E-state index is 4.68. The van der Waals surface area contributed by atoms with Gasteiger partial charge in [-0.3, -0.25) is 4.68 Å². The average Bonchev–Trinajstić information content (AvgIpc) is 3.04. The molecule has 0 unspecified atom stereocenters. The SMILES string of the molecule is Cc1nn(CCCn2ccnc2)c(C)c1CNC1CC1. The first kappa shape index (κ1) is 13.4. The van der Waals surface area contributed by atoms with Gasteiger partial charge < -0.3 is 9.88 Å². The lowest BCUT2D eigenvalue weighted by atomic mass is 10.2. The van der Waals surface area contributed by atoms with Crippen LogP contribution in [-0.2, 0) is 19.6 Å². The van der Waals surface area contributed by atoms with Gasteiger partial charge in [-0.05, 0) is 33.1 Å². The third kappa shape index (κ3) is 3.10. The highest BCUT2D eigenvalue weighted by atomic mass is 15.3. The molecule has 1 fully saturated rings. The molecule has 0 bridgehead atoms. The van der Waals surface area contributed by atoms with E-state index in [1.807, 2.05) is 18.7 Å². The molecule has 5 nitrogen and oxygen atoms in total. The molecule has 0 aliphatic heterocycles. The Kier molecular flexibility index (Phi) is 3.87. The van der Waals surface area contributed by atoms with Gasteiger partial charge in [0.05, 0.1) is 12.0 Å². The summed E-state index contributed by atoms with van der Waals surface area (Å²) in [5.74, 6) is 0. The van der Waals surface area contributed by atoms with Crippen LogP contribution in [0.2, 0.25) is 0 Å². The van der Waals surface area contributed by atoms with Crippen LogP contribution in [0.5, 0.6) is 0 Å². The summed E-state index contributed by atoms with van der Waals surface area (Å²) in [5.41, 5.74) is 3.85. The number of hydrogen-bond donors (Lipinski definition) is 1. The van der Waals surface area contributed by atoms with Crippen LogP contribution in [0.1, 0.15) is 36.2 Å². The molecule has 0 amide bonds. The second-order valence-electron chi connectivity index (χ2n) is 5.68. The van der Waals surface area contributed by atoms with Crippen LogP contribution in [-0.4, -0.2) is 25.4 Å². The first-order valence-corrected chi connectivity index (χ1v) is 7.46. The van der Waals surface area contributed by atoms with Crippen LogP contribution >= 0.6 is 0 Å². The van der Waals surface area contributed by atoms with Crippen molar-refractivity contribution in [2.24, 2.45) is 0 Å². The molecule has 1 N–H and O–H groups in total. The molecule has 0 aromatic carbocycles. The summed E-state index contributed by atoms with van der Waals surface area (Å²) >= 11 is 0. The van der Waals surface area contributed by atoms with E-state index in [-0.39, 0.29) is 0 Å². The van der Waals surface area contributed by atoms with Crippen molar-refractivity contribution in [2.75, 3.05) is 0 Å². The Morgan fingerprint density at radius 1 is 1.30 bits per heavy atom. The van der Waals surface area contributed by atoms with Crippen molar-refractivity contribution in [3.8, 4) is 0 Å². The number of aromatic nitrogens is 4. The minimum atomic E-state index is 0.749. The van der Waals surface area contributed by atoms with Crippen molar-refractivity contribution < 1.29 is 0 Å². The monoisotopic (exact) mass is 273 g/mol. The number of hydrogen-bond acceptors (Lipinski definition) is 3. The second-order valence-corrected chi connectivity index (χ2v) is 5.68. The van der Waals surface area contributed by atoms with Crippen molar-refractivity contribution in [3.05, 3.63) is 35.7 Å². The minimum absolute atomic E-state index is 0.749. The van der Waals surface area contributed by atoms with E-state index in [1.54, 1.807) is 0 Å². The Morgan fingerprint density at radius 2 is 2.15 bits per heavy atom. The maximum Gasteiger partial charge on any atom is 0.0945 e. The molecule has 0 saturated heterocycles. The predicted octanol–water partition coefficient (Wildman–Crippen LogP) is 2.04. The van der Waals surface area contributed by atoms with Crippen LogP contribution in [0, 0.1) is 13.8 Å². The van der Waals surface area contributed by atoms with Gasteiger partial charge in [0.1, 0.15) is 0 Å². The molecule has 2 heterocycles. The van der Waals surface area contributed by atoms with Crippen molar-refractivity contribution in [1.82, 2.24) is 24.6 Å². The molecule has 20 heavy (non-hydrogen) atoms. The zero-order chi connectivity index (χ0) is 13.9. The van der Waals surface area contributed by atoms with E-state index in [9.17, 15) is 0 Å². The molecule has 1 aliphatic carbocycles. The number of nitrogens with zero attached hydrogens (tertiary/aromatic N) is 4. The molecular formula is C15H23N5. The van der Waals surface area contributed by atoms with Gasteiger partial charge in [-0.2, -0.15) is 5.10 Å². The van der Waals surface area contributed by atoms with Crippen molar-refractivity contribution in [3.63, 3.8) is 0 Å². The van der Waals surface area contributed by atoms with Crippen molar-refractivity contribution >= 4 is 0 Å². The summed E-state index contributed by atoms with van der Waals surface area (Å²) < 4.78 is 4.26. The smallest absolute Gasteiger partial charge is 0.0945 e. The molecule has 0 atom stereocenters. The number of nitrogens with one attached hydrogen (secondary N) is 1. The van der Waals surface area contributed by atoms with Gasteiger partial charge in [-0.25, -0.2) is 4.98 Å². The van der Waals surface area contributed by atoms with E-state index in [2.05, 4.69) is 38.5 Å². The fourth-order valence-electron chi connectivity index (χ4n) is 2.56. The van der Waals surface area contributed by atoms with Gasteiger partial charge >= 0.3 is 0 Å². The maximum atomic E-state index is 4.68. The first-order valence-electron chi connectivity index (χ1n) is 7.46. The Bertz CT molecular complexity index is 551. The lowest BCUT2D eigenvalue weighted by Crippen LogP contribution is -2.16. The summed E-state index contributed by atoms with van der Waals surface area (Å²) in [5, 5.41) is 8.26. The van der Waals surface area contributed by atoms with Crippen LogP contribution in [0.15, 0.2) is 18.7 Å². The number of imidazole rings is 1. The van der Waals surface area contributed by atoms with Crippen LogP contribution in [0.25, 0.3) is 0 Å². The quantitative estimate of drug-likeness (QED) is 0.840. The third-order valence-electron chi connectivity index (χ3n) is 4.02. The molecule has 1 aliphatic rings. The number of aryl methyl sites for hydroxylation is 3. The predicted molar refractivity (Wildman–Crippen MR) is 78.4 cm³/mol. The lowest BCUT2D eigenvalue weighted by Gasteiger charge is -2.07. The fourth-order valence-corrected chi connectivity index (χ4v) is 2.56. The van der Waals surface area contributed by atoms with Gasteiger partial charge in [0.25, 0.3) is 0 Å². The Labute approximate surface area is 120 Å². The lowest BCUT2D eigenvalue weighted by molar-refractivity contribution is 0.515. The van der Waals surface area contributed by atoms with Gasteiger partial charge in [0.2, 0.25) is 0 Å². The van der Waals surface area contributed by atoms with Crippen LogP contribution < -0.4 is 5.32 Å². The van der Waals surface area contributed by atoms with E-state index in [1.165, 1.54) is 29.8 Å². The first-order chi connectivity index (χ1) is 9.74. The van der Waals surface area contributed by atoms with E-state index in [0.29, 0.717) is 0 Å². The van der Waals surface area contributed by atoms with E-state index in [0.717, 1.165) is 32.1 Å². The summed E-state index contributed by atoms with van der Waals surface area (Å²) in [4.78, 5) is 4.06. The molecular weight excluding hydrogens is 250 g/mol. The molecule has 1 saturated carbocycles. The number of rotatable bonds is 7. The molecule has 0 radical (unpaired) electrons. The van der Waals surface area contributed by atoms with Gasteiger partial charge in [0.15, 0.2) is 0 Å². The normalized spacial score (nSPS) is 14.9. The van der Waals surface area contributed by atoms with Gasteiger partial charge in [-0.15, -0.1) is 0 Å². The summed E-state index contributed by atoms with van der Waals surface area (Å²) in [6, 6.07) is 0.749. The van der Waals surface area contributed by atoms with Crippen molar-refractivity contribution in [1.29, 1.82) is 0 Å². The Morgan fingerprint density at radius 3 is 2.85 bits per heavy atom. The molecule has 2 aromatic rings. The Hall–Kier alpha value is -1.62. The molecule has 2 aromatic heterocycles. The largest absolute Gasteiger partial charge is 0.337 e. The zero-order valence-electron chi connectivity index (χ0n) is 12.3. The Balaban J connectivity index is 1.56. The molecule has 3 rings (SSSR count). The highest BCUT2D eigenvalue weighted by Crippen LogP contribution is 2.21. The third-order valence-corrected chi connectivity index (χ3v) is 4.02.